The molecule has 0 fully saturated rings. The van der Waals surface area contributed by atoms with E-state index in [9.17, 15) is 4.79 Å². The molecule has 0 saturated heterocycles. The summed E-state index contributed by atoms with van der Waals surface area (Å²) in [6.07, 6.45) is 2.98. The number of para-hydroxylation sites is 1. The standard InChI is InChI=1S/C16H24N2O/c1-3-17(4-2)16(19)11-13-18-12-7-9-14-8-5-6-10-15(14)18/h5-6,8,10H,3-4,7,9,11-13H2,1-2H3. The highest BCUT2D eigenvalue weighted by Crippen LogP contribution is 2.26. The quantitative estimate of drug-likeness (QED) is 0.812. The van der Waals surface area contributed by atoms with Gasteiger partial charge in [-0.25, -0.2) is 0 Å². The number of rotatable bonds is 5. The Hall–Kier alpha value is -1.51. The summed E-state index contributed by atoms with van der Waals surface area (Å²) in [4.78, 5) is 16.3. The van der Waals surface area contributed by atoms with Gasteiger partial charge in [-0.05, 0) is 38.3 Å². The van der Waals surface area contributed by atoms with Crippen molar-refractivity contribution in [1.29, 1.82) is 0 Å². The molecular weight excluding hydrogens is 236 g/mol. The molecule has 0 saturated carbocycles. The second kappa shape index (κ2) is 6.60. The van der Waals surface area contributed by atoms with Crippen LogP contribution < -0.4 is 4.90 Å². The Kier molecular flexibility index (Phi) is 4.83. The number of carbonyl (C=O) groups is 1. The summed E-state index contributed by atoms with van der Waals surface area (Å²) in [5.74, 6) is 0.271. The van der Waals surface area contributed by atoms with Gasteiger partial charge in [0.15, 0.2) is 0 Å². The molecule has 2 rings (SSSR count). The van der Waals surface area contributed by atoms with Crippen LogP contribution in [0.1, 0.15) is 32.3 Å². The van der Waals surface area contributed by atoms with Gasteiger partial charge in [-0.3, -0.25) is 4.79 Å². The Morgan fingerprint density at radius 3 is 2.74 bits per heavy atom. The zero-order valence-corrected chi connectivity index (χ0v) is 12.1. The average molecular weight is 260 g/mol. The minimum absolute atomic E-state index is 0.271. The van der Waals surface area contributed by atoms with Crippen LogP contribution in [0.3, 0.4) is 0 Å². The van der Waals surface area contributed by atoms with Crippen LogP contribution in [0.2, 0.25) is 0 Å². The van der Waals surface area contributed by atoms with Gasteiger partial charge < -0.3 is 9.80 Å². The molecule has 0 atom stereocenters. The number of anilines is 1. The Morgan fingerprint density at radius 1 is 1.26 bits per heavy atom. The first kappa shape index (κ1) is 13.9. The molecule has 3 heteroatoms. The van der Waals surface area contributed by atoms with E-state index >= 15 is 0 Å². The fourth-order valence-corrected chi connectivity index (χ4v) is 2.81. The largest absolute Gasteiger partial charge is 0.371 e. The van der Waals surface area contributed by atoms with E-state index < -0.39 is 0 Å². The van der Waals surface area contributed by atoms with E-state index in [4.69, 9.17) is 0 Å². The first-order valence-electron chi connectivity index (χ1n) is 7.36. The molecule has 1 amide bonds. The van der Waals surface area contributed by atoms with Crippen molar-refractivity contribution in [3.05, 3.63) is 29.8 Å². The van der Waals surface area contributed by atoms with Gasteiger partial charge in [-0.15, -0.1) is 0 Å². The Labute approximate surface area is 116 Å². The Morgan fingerprint density at radius 2 is 2.00 bits per heavy atom. The number of benzene rings is 1. The molecule has 0 N–H and O–H groups in total. The number of aryl methyl sites for hydroxylation is 1. The van der Waals surface area contributed by atoms with Crippen LogP contribution in [-0.4, -0.2) is 37.0 Å². The number of hydrogen-bond acceptors (Lipinski definition) is 2. The number of hydrogen-bond donors (Lipinski definition) is 0. The van der Waals surface area contributed by atoms with Crippen LogP contribution >= 0.6 is 0 Å². The Balaban J connectivity index is 1.96. The summed E-state index contributed by atoms with van der Waals surface area (Å²) >= 11 is 0. The van der Waals surface area contributed by atoms with Gasteiger partial charge in [-0.2, -0.15) is 0 Å². The molecule has 0 aromatic heterocycles. The topological polar surface area (TPSA) is 23.6 Å². The maximum absolute atomic E-state index is 12.1. The number of carbonyl (C=O) groups excluding carboxylic acids is 1. The van der Waals surface area contributed by atoms with Crippen molar-refractivity contribution in [3.8, 4) is 0 Å². The molecule has 3 nitrogen and oxygen atoms in total. The molecule has 1 aromatic rings. The van der Waals surface area contributed by atoms with Crippen LogP contribution in [0.15, 0.2) is 24.3 Å². The van der Waals surface area contributed by atoms with Crippen molar-refractivity contribution in [1.82, 2.24) is 4.90 Å². The van der Waals surface area contributed by atoms with Crippen molar-refractivity contribution >= 4 is 11.6 Å². The van der Waals surface area contributed by atoms with Gasteiger partial charge in [0.1, 0.15) is 0 Å². The summed E-state index contributed by atoms with van der Waals surface area (Å²) in [6, 6.07) is 8.57. The van der Waals surface area contributed by atoms with Gasteiger partial charge in [-0.1, -0.05) is 18.2 Å². The molecule has 0 unspecified atom stereocenters. The van der Waals surface area contributed by atoms with Crippen LogP contribution in [0.25, 0.3) is 0 Å². The van der Waals surface area contributed by atoms with E-state index in [1.807, 2.05) is 18.7 Å². The molecular formula is C16H24N2O. The van der Waals surface area contributed by atoms with E-state index in [0.29, 0.717) is 6.42 Å². The predicted octanol–water partition coefficient (Wildman–Crippen LogP) is 2.70. The van der Waals surface area contributed by atoms with E-state index in [1.165, 1.54) is 17.7 Å². The van der Waals surface area contributed by atoms with Crippen LogP contribution in [0.5, 0.6) is 0 Å². The van der Waals surface area contributed by atoms with Crippen LogP contribution in [0, 0.1) is 0 Å². The minimum atomic E-state index is 0.271. The first-order chi connectivity index (χ1) is 9.26. The third kappa shape index (κ3) is 3.28. The molecule has 1 aromatic carbocycles. The monoisotopic (exact) mass is 260 g/mol. The van der Waals surface area contributed by atoms with Crippen molar-refractivity contribution < 1.29 is 4.79 Å². The lowest BCUT2D eigenvalue weighted by Crippen LogP contribution is -2.36. The lowest BCUT2D eigenvalue weighted by atomic mass is 10.0. The highest BCUT2D eigenvalue weighted by molar-refractivity contribution is 5.76. The summed E-state index contributed by atoms with van der Waals surface area (Å²) in [5.41, 5.74) is 2.74. The maximum atomic E-state index is 12.1. The second-order valence-corrected chi connectivity index (χ2v) is 5.04. The van der Waals surface area contributed by atoms with E-state index in [1.54, 1.807) is 0 Å². The first-order valence-corrected chi connectivity index (χ1v) is 7.36. The van der Waals surface area contributed by atoms with Crippen molar-refractivity contribution in [2.75, 3.05) is 31.1 Å². The molecule has 19 heavy (non-hydrogen) atoms. The third-order valence-corrected chi connectivity index (χ3v) is 3.92. The van der Waals surface area contributed by atoms with Crippen LogP contribution in [0.4, 0.5) is 5.69 Å². The Bertz CT molecular complexity index is 427. The number of fused-ring (bicyclic) bond motifs is 1. The fraction of sp³-hybridized carbons (Fsp3) is 0.562. The van der Waals surface area contributed by atoms with Gasteiger partial charge >= 0.3 is 0 Å². The average Bonchev–Trinajstić information content (AvgIpc) is 2.46. The van der Waals surface area contributed by atoms with E-state index in [0.717, 1.165) is 32.6 Å². The summed E-state index contributed by atoms with van der Waals surface area (Å²) in [7, 11) is 0. The summed E-state index contributed by atoms with van der Waals surface area (Å²) in [5, 5.41) is 0. The smallest absolute Gasteiger partial charge is 0.224 e. The predicted molar refractivity (Wildman–Crippen MR) is 79.5 cm³/mol. The molecule has 1 aliphatic rings. The van der Waals surface area contributed by atoms with Crippen molar-refractivity contribution in [3.63, 3.8) is 0 Å². The molecule has 0 spiro atoms. The highest BCUT2D eigenvalue weighted by Gasteiger charge is 2.18. The normalized spacial score (nSPS) is 14.1. The summed E-state index contributed by atoms with van der Waals surface area (Å²) < 4.78 is 0. The van der Waals surface area contributed by atoms with Gasteiger partial charge in [0.2, 0.25) is 5.91 Å². The lowest BCUT2D eigenvalue weighted by Gasteiger charge is -2.31. The second-order valence-electron chi connectivity index (χ2n) is 5.04. The van der Waals surface area contributed by atoms with E-state index in [2.05, 4.69) is 29.2 Å². The zero-order valence-electron chi connectivity index (χ0n) is 12.1. The molecule has 0 bridgehead atoms. The van der Waals surface area contributed by atoms with Gasteiger partial charge in [0.05, 0.1) is 0 Å². The SMILES string of the molecule is CCN(CC)C(=O)CCN1CCCc2ccccc21. The number of amides is 1. The van der Waals surface area contributed by atoms with Crippen LogP contribution in [-0.2, 0) is 11.2 Å². The van der Waals surface area contributed by atoms with Gasteiger partial charge in [0, 0.05) is 38.3 Å². The van der Waals surface area contributed by atoms with Gasteiger partial charge in [0.25, 0.3) is 0 Å². The summed E-state index contributed by atoms with van der Waals surface area (Å²) in [6.45, 7) is 7.61. The van der Waals surface area contributed by atoms with Crippen molar-refractivity contribution in [2.24, 2.45) is 0 Å². The molecule has 0 radical (unpaired) electrons. The third-order valence-electron chi connectivity index (χ3n) is 3.92. The zero-order chi connectivity index (χ0) is 13.7. The van der Waals surface area contributed by atoms with Crippen molar-refractivity contribution in [2.45, 2.75) is 33.1 Å². The van der Waals surface area contributed by atoms with E-state index in [-0.39, 0.29) is 5.91 Å². The minimum Gasteiger partial charge on any atom is -0.371 e. The highest BCUT2D eigenvalue weighted by atomic mass is 16.2. The molecule has 1 heterocycles. The number of nitrogens with zero attached hydrogens (tertiary/aromatic N) is 2. The fourth-order valence-electron chi connectivity index (χ4n) is 2.81. The molecule has 104 valence electrons. The molecule has 0 aliphatic carbocycles. The lowest BCUT2D eigenvalue weighted by molar-refractivity contribution is -0.130. The maximum Gasteiger partial charge on any atom is 0.224 e. The molecule has 1 aliphatic heterocycles.